The number of carbonyl (C=O) groups is 1. The van der Waals surface area contributed by atoms with Gasteiger partial charge < -0.3 is 19.4 Å². The first kappa shape index (κ1) is 15.0. The van der Waals surface area contributed by atoms with E-state index in [1.807, 2.05) is 4.90 Å². The van der Waals surface area contributed by atoms with Gasteiger partial charge in [0.25, 0.3) is 5.56 Å². The van der Waals surface area contributed by atoms with Crippen molar-refractivity contribution in [3.8, 4) is 11.5 Å². The highest BCUT2D eigenvalue weighted by Crippen LogP contribution is 2.44. The molecule has 1 saturated heterocycles. The summed E-state index contributed by atoms with van der Waals surface area (Å²) in [7, 11) is 1.57. The zero-order valence-electron chi connectivity index (χ0n) is 13.6. The Morgan fingerprint density at radius 1 is 1.29 bits per heavy atom. The molecule has 1 unspecified atom stereocenters. The van der Waals surface area contributed by atoms with Crippen LogP contribution in [0.5, 0.6) is 11.5 Å². The van der Waals surface area contributed by atoms with Crippen LogP contribution in [0.25, 0.3) is 10.9 Å². The maximum atomic E-state index is 12.0. The van der Waals surface area contributed by atoms with Crippen molar-refractivity contribution in [3.05, 3.63) is 28.8 Å². The number of nitrogens with zero attached hydrogens (tertiary/aromatic N) is 2. The zero-order valence-corrected chi connectivity index (χ0v) is 13.6. The SMILES string of the molecule is COc1cc2nc[nH]c(=O)c2cc1OC1[C@@H]2C[C@H]1CN(C(C)=O)C2. The maximum Gasteiger partial charge on any atom is 0.258 e. The Morgan fingerprint density at radius 3 is 2.71 bits per heavy atom. The molecule has 1 amide bonds. The van der Waals surface area contributed by atoms with Crippen LogP contribution >= 0.6 is 0 Å². The minimum atomic E-state index is -0.205. The second kappa shape index (κ2) is 5.51. The molecule has 1 aliphatic heterocycles. The number of hydrogen-bond donors (Lipinski definition) is 1. The highest BCUT2D eigenvalue weighted by molar-refractivity contribution is 5.81. The van der Waals surface area contributed by atoms with Gasteiger partial charge in [-0.1, -0.05) is 0 Å². The molecule has 126 valence electrons. The Labute approximate surface area is 138 Å². The van der Waals surface area contributed by atoms with Crippen molar-refractivity contribution in [2.75, 3.05) is 20.2 Å². The highest BCUT2D eigenvalue weighted by Gasteiger charge is 2.49. The van der Waals surface area contributed by atoms with E-state index in [0.717, 1.165) is 19.5 Å². The average Bonchev–Trinajstić information content (AvgIpc) is 2.59. The standard InChI is InChI=1S/C17H19N3O4/c1-9(21)20-6-10-3-11(7-20)16(10)24-15-4-12-13(5-14(15)23-2)18-8-19-17(12)22/h4-5,8,10-11,16H,3,6-7H2,1-2H3,(H,18,19,22)/t10-,11+,16?. The van der Waals surface area contributed by atoms with Crippen molar-refractivity contribution in [3.63, 3.8) is 0 Å². The predicted molar refractivity (Wildman–Crippen MR) is 87.2 cm³/mol. The third-order valence-electron chi connectivity index (χ3n) is 5.08. The largest absolute Gasteiger partial charge is 0.493 e. The van der Waals surface area contributed by atoms with Gasteiger partial charge in [-0.15, -0.1) is 0 Å². The Hall–Kier alpha value is -2.57. The number of aromatic amines is 1. The van der Waals surface area contributed by atoms with Gasteiger partial charge in [-0.05, 0) is 12.5 Å². The number of benzene rings is 1. The number of H-pyrrole nitrogens is 1. The number of methoxy groups -OCH3 is 1. The molecule has 2 bridgehead atoms. The number of aromatic nitrogens is 2. The van der Waals surface area contributed by atoms with E-state index in [1.54, 1.807) is 26.2 Å². The van der Waals surface area contributed by atoms with Gasteiger partial charge in [0.05, 0.1) is 24.3 Å². The predicted octanol–water partition coefficient (Wildman–Crippen LogP) is 1.18. The number of ether oxygens (including phenoxy) is 2. The normalized spacial score (nSPS) is 25.2. The van der Waals surface area contributed by atoms with E-state index in [-0.39, 0.29) is 17.6 Å². The van der Waals surface area contributed by atoms with Crippen molar-refractivity contribution >= 4 is 16.8 Å². The molecule has 2 fully saturated rings. The van der Waals surface area contributed by atoms with Gasteiger partial charge >= 0.3 is 0 Å². The molecule has 7 nitrogen and oxygen atoms in total. The van der Waals surface area contributed by atoms with Crippen LogP contribution < -0.4 is 15.0 Å². The van der Waals surface area contributed by atoms with E-state index in [1.165, 1.54) is 6.33 Å². The van der Waals surface area contributed by atoms with Gasteiger partial charge in [-0.25, -0.2) is 4.98 Å². The Morgan fingerprint density at radius 2 is 2.04 bits per heavy atom. The van der Waals surface area contributed by atoms with E-state index in [2.05, 4.69) is 9.97 Å². The third-order valence-corrected chi connectivity index (χ3v) is 5.08. The van der Waals surface area contributed by atoms with E-state index in [4.69, 9.17) is 9.47 Å². The van der Waals surface area contributed by atoms with Gasteiger partial charge in [-0.3, -0.25) is 9.59 Å². The van der Waals surface area contributed by atoms with Crippen LogP contribution in [0.1, 0.15) is 13.3 Å². The average molecular weight is 329 g/mol. The Kier molecular flexibility index (Phi) is 3.44. The van der Waals surface area contributed by atoms with Gasteiger partial charge in [0.1, 0.15) is 6.10 Å². The maximum absolute atomic E-state index is 12.0. The summed E-state index contributed by atoms with van der Waals surface area (Å²) in [6, 6.07) is 3.41. The number of piperidine rings is 2. The molecular weight excluding hydrogens is 310 g/mol. The second-order valence-electron chi connectivity index (χ2n) is 6.51. The number of fused-ring (bicyclic) bond motifs is 3. The van der Waals surface area contributed by atoms with Crippen LogP contribution in [-0.4, -0.2) is 47.1 Å². The summed E-state index contributed by atoms with van der Waals surface area (Å²) in [5.41, 5.74) is 0.364. The number of hydrogen-bond acceptors (Lipinski definition) is 5. The molecule has 2 aliphatic rings. The molecule has 2 aromatic rings. The van der Waals surface area contributed by atoms with Crippen LogP contribution in [0.15, 0.2) is 23.3 Å². The lowest BCUT2D eigenvalue weighted by atomic mass is 9.68. The van der Waals surface area contributed by atoms with Gasteiger partial charge in [0.15, 0.2) is 11.5 Å². The summed E-state index contributed by atoms with van der Waals surface area (Å²) >= 11 is 0. The summed E-state index contributed by atoms with van der Waals surface area (Å²) in [5, 5.41) is 0.475. The Bertz CT molecular complexity index is 851. The molecule has 1 saturated carbocycles. The number of rotatable bonds is 3. The molecule has 3 atom stereocenters. The first-order valence-corrected chi connectivity index (χ1v) is 8.04. The summed E-state index contributed by atoms with van der Waals surface area (Å²) in [5.74, 6) is 1.90. The van der Waals surface area contributed by atoms with Crippen LogP contribution in [0.2, 0.25) is 0 Å². The minimum absolute atomic E-state index is 0.0581. The minimum Gasteiger partial charge on any atom is -0.493 e. The van der Waals surface area contributed by atoms with Crippen molar-refractivity contribution < 1.29 is 14.3 Å². The molecule has 1 aliphatic carbocycles. The summed E-state index contributed by atoms with van der Waals surface area (Å²) in [6.07, 6.45) is 2.51. The van der Waals surface area contributed by atoms with Crippen molar-refractivity contribution in [1.82, 2.24) is 14.9 Å². The molecule has 7 heteroatoms. The lowest BCUT2D eigenvalue weighted by Gasteiger charge is -2.52. The number of carbonyl (C=O) groups excluding carboxylic acids is 1. The lowest BCUT2D eigenvalue weighted by Crippen LogP contribution is -2.61. The molecule has 2 heterocycles. The highest BCUT2D eigenvalue weighted by atomic mass is 16.5. The first-order chi connectivity index (χ1) is 11.6. The number of amides is 1. The van der Waals surface area contributed by atoms with E-state index >= 15 is 0 Å². The van der Waals surface area contributed by atoms with E-state index in [9.17, 15) is 9.59 Å². The zero-order chi connectivity index (χ0) is 16.8. The molecule has 24 heavy (non-hydrogen) atoms. The van der Waals surface area contributed by atoms with Crippen LogP contribution in [0.4, 0.5) is 0 Å². The number of nitrogens with one attached hydrogen (secondary N) is 1. The van der Waals surface area contributed by atoms with Gasteiger partial charge in [0.2, 0.25) is 5.91 Å². The van der Waals surface area contributed by atoms with Crippen molar-refractivity contribution in [1.29, 1.82) is 0 Å². The molecule has 4 rings (SSSR count). The number of likely N-dealkylation sites (tertiary alicyclic amines) is 1. The summed E-state index contributed by atoms with van der Waals surface area (Å²) in [4.78, 5) is 32.1. The van der Waals surface area contributed by atoms with Gasteiger partial charge in [-0.2, -0.15) is 0 Å². The fourth-order valence-electron chi connectivity index (χ4n) is 3.77. The van der Waals surface area contributed by atoms with Gasteiger partial charge in [0, 0.05) is 37.9 Å². The summed E-state index contributed by atoms with van der Waals surface area (Å²) in [6.45, 7) is 3.06. The molecule has 1 N–H and O–H groups in total. The smallest absolute Gasteiger partial charge is 0.258 e. The monoisotopic (exact) mass is 329 g/mol. The molecule has 1 aromatic heterocycles. The third kappa shape index (κ3) is 2.31. The summed E-state index contributed by atoms with van der Waals surface area (Å²) < 4.78 is 11.6. The first-order valence-electron chi connectivity index (χ1n) is 8.04. The topological polar surface area (TPSA) is 84.5 Å². The van der Waals surface area contributed by atoms with Crippen molar-refractivity contribution in [2.45, 2.75) is 19.4 Å². The second-order valence-corrected chi connectivity index (χ2v) is 6.51. The van der Waals surface area contributed by atoms with Crippen LogP contribution in [0, 0.1) is 11.8 Å². The van der Waals surface area contributed by atoms with Crippen LogP contribution in [0.3, 0.4) is 0 Å². The fraction of sp³-hybridized carbons (Fsp3) is 0.471. The van der Waals surface area contributed by atoms with Crippen molar-refractivity contribution in [2.24, 2.45) is 11.8 Å². The quantitative estimate of drug-likeness (QED) is 0.914. The Balaban J connectivity index is 1.62. The fourth-order valence-corrected chi connectivity index (χ4v) is 3.77. The van der Waals surface area contributed by atoms with E-state index in [0.29, 0.717) is 34.2 Å². The van der Waals surface area contributed by atoms with E-state index < -0.39 is 0 Å². The van der Waals surface area contributed by atoms with Crippen LogP contribution in [-0.2, 0) is 4.79 Å². The molecule has 1 aromatic carbocycles. The molecule has 0 radical (unpaired) electrons. The lowest BCUT2D eigenvalue weighted by molar-refractivity contribution is -0.145. The molecular formula is C17H19N3O4. The molecule has 0 spiro atoms.